The summed E-state index contributed by atoms with van der Waals surface area (Å²) in [5.74, 6) is -0.0793. The van der Waals surface area contributed by atoms with Gasteiger partial charge in [-0.15, -0.1) is 6.58 Å². The normalized spacial score (nSPS) is 31.9. The molecule has 10 heavy (non-hydrogen) atoms. The van der Waals surface area contributed by atoms with Crippen LogP contribution in [0, 0.1) is 0 Å². The van der Waals surface area contributed by atoms with Crippen LogP contribution in [-0.4, -0.2) is 11.6 Å². The molecule has 2 nitrogen and oxygen atoms in total. The highest BCUT2D eigenvalue weighted by molar-refractivity contribution is 5.72. The third-order valence-electron chi connectivity index (χ3n) is 1.79. The third-order valence-corrected chi connectivity index (χ3v) is 1.79. The number of ether oxygens (including phenoxy) is 1. The summed E-state index contributed by atoms with van der Waals surface area (Å²) in [6.45, 7) is 5.55. The van der Waals surface area contributed by atoms with E-state index in [9.17, 15) is 4.79 Å². The van der Waals surface area contributed by atoms with Gasteiger partial charge in [0.25, 0.3) is 0 Å². The maximum atomic E-state index is 10.7. The summed E-state index contributed by atoms with van der Waals surface area (Å²) in [6, 6.07) is 0. The van der Waals surface area contributed by atoms with Crippen molar-refractivity contribution < 1.29 is 9.53 Å². The van der Waals surface area contributed by atoms with Gasteiger partial charge in [0.05, 0.1) is 0 Å². The summed E-state index contributed by atoms with van der Waals surface area (Å²) in [5.41, 5.74) is -0.251. The largest absolute Gasteiger partial charge is 0.459 e. The predicted molar refractivity (Wildman–Crippen MR) is 38.5 cm³/mol. The van der Waals surface area contributed by atoms with Crippen molar-refractivity contribution in [2.24, 2.45) is 0 Å². The third kappa shape index (κ3) is 1.38. The SMILES string of the molecule is C=CCC1(C)CCC(=O)O1. The van der Waals surface area contributed by atoms with Gasteiger partial charge in [-0.05, 0) is 13.3 Å². The monoisotopic (exact) mass is 140 g/mol. The molecular formula is C8H12O2. The summed E-state index contributed by atoms with van der Waals surface area (Å²) in [5, 5.41) is 0. The number of hydrogen-bond donors (Lipinski definition) is 0. The molecule has 0 aromatic heterocycles. The molecule has 0 aromatic rings. The van der Waals surface area contributed by atoms with E-state index in [1.54, 1.807) is 6.08 Å². The first kappa shape index (κ1) is 7.32. The standard InChI is InChI=1S/C8H12O2/c1-3-5-8(2)6-4-7(9)10-8/h3H,1,4-6H2,2H3. The minimum atomic E-state index is -0.251. The Bertz CT molecular complexity index is 163. The van der Waals surface area contributed by atoms with Crippen molar-refractivity contribution in [2.45, 2.75) is 31.8 Å². The minimum Gasteiger partial charge on any atom is -0.459 e. The fourth-order valence-electron chi connectivity index (χ4n) is 1.19. The molecule has 1 aliphatic rings. The van der Waals surface area contributed by atoms with Crippen LogP contribution in [0.1, 0.15) is 26.2 Å². The summed E-state index contributed by atoms with van der Waals surface area (Å²) in [7, 11) is 0. The Morgan fingerprint density at radius 3 is 3.00 bits per heavy atom. The lowest BCUT2D eigenvalue weighted by Crippen LogP contribution is -2.22. The zero-order valence-corrected chi connectivity index (χ0v) is 6.22. The van der Waals surface area contributed by atoms with E-state index in [4.69, 9.17) is 4.74 Å². The van der Waals surface area contributed by atoms with Crippen LogP contribution in [0.4, 0.5) is 0 Å². The van der Waals surface area contributed by atoms with E-state index in [2.05, 4.69) is 6.58 Å². The summed E-state index contributed by atoms with van der Waals surface area (Å²) >= 11 is 0. The van der Waals surface area contributed by atoms with Crippen LogP contribution in [0.2, 0.25) is 0 Å². The van der Waals surface area contributed by atoms with Crippen molar-refractivity contribution in [3.8, 4) is 0 Å². The molecule has 0 radical (unpaired) electrons. The maximum absolute atomic E-state index is 10.7. The second kappa shape index (κ2) is 2.45. The van der Waals surface area contributed by atoms with Gasteiger partial charge in [-0.25, -0.2) is 0 Å². The Morgan fingerprint density at radius 2 is 2.60 bits per heavy atom. The van der Waals surface area contributed by atoms with Crippen molar-refractivity contribution in [3.05, 3.63) is 12.7 Å². The van der Waals surface area contributed by atoms with Crippen molar-refractivity contribution in [3.63, 3.8) is 0 Å². The van der Waals surface area contributed by atoms with Crippen molar-refractivity contribution in [1.29, 1.82) is 0 Å². The Kier molecular flexibility index (Phi) is 1.79. The van der Waals surface area contributed by atoms with Gasteiger partial charge in [-0.2, -0.15) is 0 Å². The maximum Gasteiger partial charge on any atom is 0.306 e. The number of cyclic esters (lactones) is 1. The number of hydrogen-bond acceptors (Lipinski definition) is 2. The Hall–Kier alpha value is -0.790. The van der Waals surface area contributed by atoms with Crippen molar-refractivity contribution in [2.75, 3.05) is 0 Å². The molecule has 0 N–H and O–H groups in total. The highest BCUT2D eigenvalue weighted by atomic mass is 16.6. The highest BCUT2D eigenvalue weighted by Crippen LogP contribution is 2.29. The molecule has 0 aliphatic carbocycles. The number of carbonyl (C=O) groups is 1. The van der Waals surface area contributed by atoms with Crippen LogP contribution in [0.5, 0.6) is 0 Å². The molecule has 0 amide bonds. The molecule has 1 saturated heterocycles. The molecule has 1 atom stereocenters. The zero-order chi connectivity index (χ0) is 7.61. The predicted octanol–water partition coefficient (Wildman–Crippen LogP) is 1.66. The number of esters is 1. The number of carbonyl (C=O) groups excluding carboxylic acids is 1. The fourth-order valence-corrected chi connectivity index (χ4v) is 1.19. The molecule has 1 unspecified atom stereocenters. The van der Waals surface area contributed by atoms with E-state index < -0.39 is 0 Å². The van der Waals surface area contributed by atoms with Crippen molar-refractivity contribution in [1.82, 2.24) is 0 Å². The van der Waals surface area contributed by atoms with Crippen LogP contribution in [0.25, 0.3) is 0 Å². The van der Waals surface area contributed by atoms with Gasteiger partial charge < -0.3 is 4.74 Å². The van der Waals surface area contributed by atoms with Gasteiger partial charge in [0, 0.05) is 12.8 Å². The highest BCUT2D eigenvalue weighted by Gasteiger charge is 2.34. The lowest BCUT2D eigenvalue weighted by Gasteiger charge is -2.19. The first-order chi connectivity index (χ1) is 4.66. The van der Waals surface area contributed by atoms with Crippen LogP contribution in [-0.2, 0) is 9.53 Å². The molecule has 0 aromatic carbocycles. The lowest BCUT2D eigenvalue weighted by molar-refractivity contribution is -0.146. The van der Waals surface area contributed by atoms with E-state index >= 15 is 0 Å². The lowest BCUT2D eigenvalue weighted by atomic mass is 9.99. The molecule has 56 valence electrons. The van der Waals surface area contributed by atoms with Gasteiger partial charge >= 0.3 is 5.97 Å². The van der Waals surface area contributed by atoms with E-state index in [0.29, 0.717) is 6.42 Å². The minimum absolute atomic E-state index is 0.0793. The average molecular weight is 140 g/mol. The molecule has 2 heteroatoms. The molecule has 0 spiro atoms. The molecule has 1 aliphatic heterocycles. The Morgan fingerprint density at radius 1 is 1.90 bits per heavy atom. The van der Waals surface area contributed by atoms with E-state index in [1.165, 1.54) is 0 Å². The molecule has 1 heterocycles. The Balaban J connectivity index is 2.53. The molecule has 0 bridgehead atoms. The quantitative estimate of drug-likeness (QED) is 0.430. The average Bonchev–Trinajstić information content (AvgIpc) is 2.12. The first-order valence-electron chi connectivity index (χ1n) is 3.49. The zero-order valence-electron chi connectivity index (χ0n) is 6.22. The topological polar surface area (TPSA) is 26.3 Å². The van der Waals surface area contributed by atoms with Crippen LogP contribution >= 0.6 is 0 Å². The molecular weight excluding hydrogens is 128 g/mol. The van der Waals surface area contributed by atoms with Gasteiger partial charge in [0.2, 0.25) is 0 Å². The van der Waals surface area contributed by atoms with Crippen LogP contribution in [0.15, 0.2) is 12.7 Å². The molecule has 1 fully saturated rings. The van der Waals surface area contributed by atoms with Gasteiger partial charge in [0.15, 0.2) is 0 Å². The summed E-state index contributed by atoms with van der Waals surface area (Å²) < 4.78 is 5.08. The fraction of sp³-hybridized carbons (Fsp3) is 0.625. The smallest absolute Gasteiger partial charge is 0.306 e. The molecule has 1 rings (SSSR count). The van der Waals surface area contributed by atoms with E-state index in [-0.39, 0.29) is 11.6 Å². The van der Waals surface area contributed by atoms with Gasteiger partial charge in [-0.3, -0.25) is 4.79 Å². The first-order valence-corrected chi connectivity index (χ1v) is 3.49. The van der Waals surface area contributed by atoms with Crippen molar-refractivity contribution >= 4 is 5.97 Å². The Labute approximate surface area is 60.9 Å². The van der Waals surface area contributed by atoms with E-state index in [1.807, 2.05) is 6.92 Å². The van der Waals surface area contributed by atoms with Gasteiger partial charge in [0.1, 0.15) is 5.60 Å². The van der Waals surface area contributed by atoms with Crippen LogP contribution < -0.4 is 0 Å². The summed E-state index contributed by atoms with van der Waals surface area (Å²) in [4.78, 5) is 10.7. The molecule has 0 saturated carbocycles. The second-order valence-electron chi connectivity index (χ2n) is 2.92. The number of rotatable bonds is 2. The van der Waals surface area contributed by atoms with E-state index in [0.717, 1.165) is 12.8 Å². The van der Waals surface area contributed by atoms with Crippen LogP contribution in [0.3, 0.4) is 0 Å². The van der Waals surface area contributed by atoms with Gasteiger partial charge in [-0.1, -0.05) is 6.08 Å². The second-order valence-corrected chi connectivity index (χ2v) is 2.92. The summed E-state index contributed by atoms with van der Waals surface area (Å²) in [6.07, 6.45) is 3.94.